The van der Waals surface area contributed by atoms with Gasteiger partial charge in [0.25, 0.3) is 0 Å². The van der Waals surface area contributed by atoms with Crippen LogP contribution in [0.1, 0.15) is 12.5 Å². The summed E-state index contributed by atoms with van der Waals surface area (Å²) in [6, 6.07) is 16.5. The molecule has 2 amide bonds. The Bertz CT molecular complexity index is 786. The molecule has 0 bridgehead atoms. The van der Waals surface area contributed by atoms with Crippen LogP contribution in [0.25, 0.3) is 0 Å². The SMILES string of the molecule is CC1Cc2ccccc2N1C(=O)N1CCN(c2cccc(Cl)c2)CC1. The summed E-state index contributed by atoms with van der Waals surface area (Å²) in [5.41, 5.74) is 3.46. The molecular weight excluding hydrogens is 334 g/mol. The average molecular weight is 356 g/mol. The van der Waals surface area contributed by atoms with Gasteiger partial charge in [-0.15, -0.1) is 0 Å². The number of nitrogens with zero attached hydrogens (tertiary/aromatic N) is 3. The minimum Gasteiger partial charge on any atom is -0.368 e. The molecule has 0 saturated carbocycles. The van der Waals surface area contributed by atoms with Crippen LogP contribution in [-0.4, -0.2) is 43.2 Å². The Labute approximate surface area is 153 Å². The van der Waals surface area contributed by atoms with Crippen LogP contribution >= 0.6 is 11.6 Å². The number of rotatable bonds is 1. The molecule has 0 aliphatic carbocycles. The van der Waals surface area contributed by atoms with E-state index in [-0.39, 0.29) is 12.1 Å². The molecule has 1 fully saturated rings. The highest BCUT2D eigenvalue weighted by Crippen LogP contribution is 2.33. The second-order valence-corrected chi connectivity index (χ2v) is 7.22. The standard InChI is InChI=1S/C20H22ClN3O/c1-15-13-16-5-2-3-8-19(16)24(15)20(25)23-11-9-22(10-12-23)18-7-4-6-17(21)14-18/h2-8,14-15H,9-13H2,1H3. The van der Waals surface area contributed by atoms with Crippen LogP contribution in [0.2, 0.25) is 5.02 Å². The van der Waals surface area contributed by atoms with E-state index in [9.17, 15) is 4.79 Å². The van der Waals surface area contributed by atoms with E-state index in [1.165, 1.54) is 5.56 Å². The van der Waals surface area contributed by atoms with Gasteiger partial charge < -0.3 is 9.80 Å². The van der Waals surface area contributed by atoms with E-state index in [0.717, 1.165) is 49.0 Å². The lowest BCUT2D eigenvalue weighted by Crippen LogP contribution is -2.54. The van der Waals surface area contributed by atoms with Crippen molar-refractivity contribution in [2.45, 2.75) is 19.4 Å². The molecule has 4 rings (SSSR count). The Kier molecular flexibility index (Phi) is 4.30. The van der Waals surface area contributed by atoms with Gasteiger partial charge in [0.2, 0.25) is 0 Å². The van der Waals surface area contributed by atoms with Crippen molar-refractivity contribution >= 4 is 29.0 Å². The van der Waals surface area contributed by atoms with Gasteiger partial charge in [0.15, 0.2) is 0 Å². The van der Waals surface area contributed by atoms with Crippen molar-refractivity contribution in [2.24, 2.45) is 0 Å². The first-order valence-corrected chi connectivity index (χ1v) is 9.18. The molecule has 2 aliphatic rings. The molecule has 0 N–H and O–H groups in total. The van der Waals surface area contributed by atoms with E-state index >= 15 is 0 Å². The lowest BCUT2D eigenvalue weighted by molar-refractivity contribution is 0.199. The number of hydrogen-bond donors (Lipinski definition) is 0. The highest BCUT2D eigenvalue weighted by atomic mass is 35.5. The number of halogens is 1. The topological polar surface area (TPSA) is 26.8 Å². The van der Waals surface area contributed by atoms with Crippen molar-refractivity contribution in [3.8, 4) is 0 Å². The Hall–Kier alpha value is -2.20. The second-order valence-electron chi connectivity index (χ2n) is 6.79. The van der Waals surface area contributed by atoms with E-state index in [2.05, 4.69) is 30.0 Å². The fraction of sp³-hybridized carbons (Fsp3) is 0.350. The number of urea groups is 1. The van der Waals surface area contributed by atoms with E-state index in [1.54, 1.807) is 0 Å². The van der Waals surface area contributed by atoms with Crippen molar-refractivity contribution < 1.29 is 4.79 Å². The molecule has 0 spiro atoms. The molecule has 2 aromatic rings. The van der Waals surface area contributed by atoms with Gasteiger partial charge in [-0.25, -0.2) is 4.79 Å². The van der Waals surface area contributed by atoms with E-state index < -0.39 is 0 Å². The molecule has 130 valence electrons. The van der Waals surface area contributed by atoms with Gasteiger partial charge in [-0.05, 0) is 43.2 Å². The molecular formula is C20H22ClN3O. The normalized spacial score (nSPS) is 19.9. The van der Waals surface area contributed by atoms with Gasteiger partial charge in [-0.3, -0.25) is 4.90 Å². The van der Waals surface area contributed by atoms with Gasteiger partial charge in [0.05, 0.1) is 0 Å². The third-order valence-corrected chi connectivity index (χ3v) is 5.37. The van der Waals surface area contributed by atoms with Gasteiger partial charge >= 0.3 is 6.03 Å². The van der Waals surface area contributed by atoms with Crippen molar-refractivity contribution in [1.29, 1.82) is 0 Å². The Morgan fingerprint density at radius 1 is 1.04 bits per heavy atom. The average Bonchev–Trinajstić information content (AvgIpc) is 2.97. The maximum Gasteiger partial charge on any atom is 0.324 e. The van der Waals surface area contributed by atoms with Gasteiger partial charge in [0.1, 0.15) is 0 Å². The van der Waals surface area contributed by atoms with Crippen LogP contribution in [0, 0.1) is 0 Å². The van der Waals surface area contributed by atoms with E-state index in [1.807, 2.05) is 40.1 Å². The molecule has 1 saturated heterocycles. The summed E-state index contributed by atoms with van der Waals surface area (Å²) in [6.45, 7) is 5.25. The maximum atomic E-state index is 13.1. The summed E-state index contributed by atoms with van der Waals surface area (Å²) in [5, 5.41) is 0.749. The molecule has 0 aromatic heterocycles. The molecule has 1 unspecified atom stereocenters. The quantitative estimate of drug-likeness (QED) is 0.772. The molecule has 25 heavy (non-hydrogen) atoms. The van der Waals surface area contributed by atoms with Crippen LogP contribution in [0.3, 0.4) is 0 Å². The zero-order valence-corrected chi connectivity index (χ0v) is 15.1. The van der Waals surface area contributed by atoms with Crippen LogP contribution in [0.5, 0.6) is 0 Å². The fourth-order valence-electron chi connectivity index (χ4n) is 3.84. The first-order chi connectivity index (χ1) is 12.1. The molecule has 0 radical (unpaired) electrons. The van der Waals surface area contributed by atoms with E-state index in [0.29, 0.717) is 0 Å². The van der Waals surface area contributed by atoms with Crippen LogP contribution in [0.4, 0.5) is 16.2 Å². The number of para-hydroxylation sites is 1. The summed E-state index contributed by atoms with van der Waals surface area (Å²) in [5.74, 6) is 0. The van der Waals surface area contributed by atoms with Crippen molar-refractivity contribution in [3.63, 3.8) is 0 Å². The highest BCUT2D eigenvalue weighted by Gasteiger charge is 2.34. The third-order valence-electron chi connectivity index (χ3n) is 5.14. The summed E-state index contributed by atoms with van der Waals surface area (Å²) in [6.07, 6.45) is 0.935. The lowest BCUT2D eigenvalue weighted by atomic mass is 10.1. The minimum atomic E-state index is 0.128. The minimum absolute atomic E-state index is 0.128. The number of benzene rings is 2. The Morgan fingerprint density at radius 3 is 2.56 bits per heavy atom. The monoisotopic (exact) mass is 355 g/mol. The largest absolute Gasteiger partial charge is 0.368 e. The molecule has 5 heteroatoms. The lowest BCUT2D eigenvalue weighted by Gasteiger charge is -2.38. The Morgan fingerprint density at radius 2 is 1.80 bits per heavy atom. The van der Waals surface area contributed by atoms with E-state index in [4.69, 9.17) is 11.6 Å². The third kappa shape index (κ3) is 3.07. The summed E-state index contributed by atoms with van der Waals surface area (Å²) < 4.78 is 0. The molecule has 2 heterocycles. The molecule has 1 atom stereocenters. The number of hydrogen-bond acceptors (Lipinski definition) is 2. The van der Waals surface area contributed by atoms with Gasteiger partial charge in [-0.1, -0.05) is 35.9 Å². The molecule has 4 nitrogen and oxygen atoms in total. The zero-order valence-electron chi connectivity index (χ0n) is 14.4. The number of amides is 2. The van der Waals surface area contributed by atoms with Crippen LogP contribution in [0.15, 0.2) is 48.5 Å². The number of carbonyl (C=O) groups is 1. The van der Waals surface area contributed by atoms with Crippen molar-refractivity contribution in [3.05, 3.63) is 59.1 Å². The van der Waals surface area contributed by atoms with Crippen molar-refractivity contribution in [2.75, 3.05) is 36.0 Å². The predicted octanol–water partition coefficient (Wildman–Crippen LogP) is 4.03. The smallest absolute Gasteiger partial charge is 0.324 e. The molecule has 2 aliphatic heterocycles. The highest BCUT2D eigenvalue weighted by molar-refractivity contribution is 6.30. The number of piperazine rings is 1. The summed E-state index contributed by atoms with van der Waals surface area (Å²) in [4.78, 5) is 19.3. The van der Waals surface area contributed by atoms with Crippen LogP contribution in [-0.2, 0) is 6.42 Å². The number of fused-ring (bicyclic) bond motifs is 1. The first-order valence-electron chi connectivity index (χ1n) is 8.80. The molecule has 2 aromatic carbocycles. The van der Waals surface area contributed by atoms with Crippen molar-refractivity contribution in [1.82, 2.24) is 4.90 Å². The fourth-order valence-corrected chi connectivity index (χ4v) is 4.02. The zero-order chi connectivity index (χ0) is 17.4. The second kappa shape index (κ2) is 6.60. The Balaban J connectivity index is 1.45. The summed E-state index contributed by atoms with van der Waals surface area (Å²) in [7, 11) is 0. The number of anilines is 2. The summed E-state index contributed by atoms with van der Waals surface area (Å²) >= 11 is 6.10. The van der Waals surface area contributed by atoms with Crippen LogP contribution < -0.4 is 9.80 Å². The maximum absolute atomic E-state index is 13.1. The predicted molar refractivity (Wildman–Crippen MR) is 103 cm³/mol. The van der Waals surface area contributed by atoms with Gasteiger partial charge in [-0.2, -0.15) is 0 Å². The van der Waals surface area contributed by atoms with Gasteiger partial charge in [0, 0.05) is 48.6 Å². The number of carbonyl (C=O) groups excluding carboxylic acids is 1. The first kappa shape index (κ1) is 16.3.